The Morgan fingerprint density at radius 3 is 2.97 bits per heavy atom. The van der Waals surface area contributed by atoms with E-state index in [9.17, 15) is 9.59 Å². The predicted molar refractivity (Wildman–Crippen MR) is 126 cm³/mol. The lowest BCUT2D eigenvalue weighted by molar-refractivity contribution is -0.112. The van der Waals surface area contributed by atoms with Crippen LogP contribution >= 0.6 is 0 Å². The van der Waals surface area contributed by atoms with Crippen molar-refractivity contribution in [1.29, 1.82) is 0 Å². The Morgan fingerprint density at radius 2 is 2.09 bits per heavy atom. The molecular formula is C26H18N4O3. The van der Waals surface area contributed by atoms with Gasteiger partial charge in [-0.1, -0.05) is 6.08 Å². The van der Waals surface area contributed by atoms with Crippen LogP contribution in [0.2, 0.25) is 0 Å². The summed E-state index contributed by atoms with van der Waals surface area (Å²) >= 11 is 0. The molecule has 0 spiro atoms. The quantitative estimate of drug-likeness (QED) is 0.367. The highest BCUT2D eigenvalue weighted by atomic mass is 16.5. The van der Waals surface area contributed by atoms with Crippen LogP contribution in [0, 0.1) is 0 Å². The summed E-state index contributed by atoms with van der Waals surface area (Å²) in [5.41, 5.74) is 4.75. The molecule has 4 aromatic rings. The van der Waals surface area contributed by atoms with E-state index in [0.717, 1.165) is 49.2 Å². The Balaban J connectivity index is 1.77. The van der Waals surface area contributed by atoms with Gasteiger partial charge in [0.2, 0.25) is 0 Å². The molecule has 0 saturated heterocycles. The number of hydrogen-bond acceptors (Lipinski definition) is 5. The zero-order valence-corrected chi connectivity index (χ0v) is 17.8. The van der Waals surface area contributed by atoms with E-state index in [1.807, 2.05) is 25.5 Å². The van der Waals surface area contributed by atoms with E-state index < -0.39 is 0 Å². The SMILES string of the molecule is CNC1C2/C=C\Cn3c4c(c5c6c(c7c8ccc(cc8n1c7c53)O2)C=NC=6)C(=O)CC(=O)C=4. The molecule has 0 fully saturated rings. The average Bonchev–Trinajstić information content (AvgIpc) is 3.46. The Hall–Kier alpha value is -3.97. The van der Waals surface area contributed by atoms with Crippen molar-refractivity contribution in [3.05, 3.63) is 52.0 Å². The highest BCUT2D eigenvalue weighted by Crippen LogP contribution is 2.42. The molecule has 2 unspecified atom stereocenters. The monoisotopic (exact) mass is 434 g/mol. The van der Waals surface area contributed by atoms with Crippen molar-refractivity contribution in [3.8, 4) is 5.75 Å². The molecule has 0 radical (unpaired) electrons. The topological polar surface area (TPSA) is 77.6 Å². The van der Waals surface area contributed by atoms with Gasteiger partial charge in [0.1, 0.15) is 11.9 Å². The molecule has 3 aliphatic heterocycles. The number of aromatic nitrogens is 2. The van der Waals surface area contributed by atoms with Crippen molar-refractivity contribution >= 4 is 62.8 Å². The predicted octanol–water partition coefficient (Wildman–Crippen LogP) is 1.90. The van der Waals surface area contributed by atoms with Crippen LogP contribution in [0.25, 0.3) is 45.0 Å². The first-order valence-corrected chi connectivity index (χ1v) is 11.1. The van der Waals surface area contributed by atoms with Crippen LogP contribution in [0.4, 0.5) is 0 Å². The molecular weight excluding hydrogens is 416 g/mol. The van der Waals surface area contributed by atoms with Crippen LogP contribution < -0.4 is 20.6 Å². The third kappa shape index (κ3) is 1.94. The highest BCUT2D eigenvalue weighted by molar-refractivity contribution is 6.30. The van der Waals surface area contributed by atoms with Gasteiger partial charge in [0.05, 0.1) is 33.9 Å². The molecule has 33 heavy (non-hydrogen) atoms. The number of rotatable bonds is 1. The van der Waals surface area contributed by atoms with Gasteiger partial charge in [0, 0.05) is 58.0 Å². The van der Waals surface area contributed by atoms with Crippen LogP contribution in [0.3, 0.4) is 0 Å². The maximum atomic E-state index is 13.2. The molecule has 2 atom stereocenters. The smallest absolute Gasteiger partial charge is 0.173 e. The number of benzene rings is 2. The largest absolute Gasteiger partial charge is 0.483 e. The van der Waals surface area contributed by atoms with Gasteiger partial charge in [-0.15, -0.1) is 0 Å². The summed E-state index contributed by atoms with van der Waals surface area (Å²) in [6.45, 7) is 0.538. The van der Waals surface area contributed by atoms with Crippen LogP contribution in [0.5, 0.6) is 5.75 Å². The Morgan fingerprint density at radius 1 is 1.18 bits per heavy atom. The maximum absolute atomic E-state index is 13.2. The molecule has 7 heteroatoms. The standard InChI is InChI=1S/C26H18N4O3/c1-27-26-20-3-2-6-29-18-7-12(31)8-19(32)23(18)22-16-11-28-10-15(16)21-14-5-4-13(33-20)9-17(14)30(26)25(21)24(22)29/h2-5,7,9-11,20,26-27H,6,8H2,1H3/b3-2-. The minimum absolute atomic E-state index is 0.0863. The second-order valence-corrected chi connectivity index (χ2v) is 9.06. The fourth-order valence-electron chi connectivity index (χ4n) is 6.21. The van der Waals surface area contributed by atoms with Crippen LogP contribution in [0.1, 0.15) is 28.5 Å². The molecule has 5 heterocycles. The van der Waals surface area contributed by atoms with Crippen molar-refractivity contribution in [2.24, 2.45) is 4.99 Å². The van der Waals surface area contributed by atoms with Crippen molar-refractivity contribution in [2.75, 3.05) is 7.05 Å². The van der Waals surface area contributed by atoms with Gasteiger partial charge in [0.25, 0.3) is 0 Å². The van der Waals surface area contributed by atoms with Crippen LogP contribution in [0.15, 0.2) is 35.3 Å². The highest BCUT2D eigenvalue weighted by Gasteiger charge is 2.35. The van der Waals surface area contributed by atoms with E-state index in [1.54, 1.807) is 6.08 Å². The number of likely N-dealkylation sites (N-methyl/N-ethyl adjacent to an activating group) is 1. The summed E-state index contributed by atoms with van der Waals surface area (Å²) in [7, 11) is 1.94. The number of ether oxygens (including phenoxy) is 1. The molecule has 0 amide bonds. The maximum Gasteiger partial charge on any atom is 0.173 e. The fourth-order valence-corrected chi connectivity index (χ4v) is 6.21. The minimum Gasteiger partial charge on any atom is -0.483 e. The number of fused-ring (bicyclic) bond motifs is 9. The summed E-state index contributed by atoms with van der Waals surface area (Å²) in [5, 5.41) is 8.26. The normalized spacial score (nSPS) is 22.9. The van der Waals surface area contributed by atoms with Gasteiger partial charge in [-0.2, -0.15) is 0 Å². The molecule has 4 bridgehead atoms. The molecule has 1 N–H and O–H groups in total. The first-order chi connectivity index (χ1) is 16.2. The number of hydrogen-bond donors (Lipinski definition) is 1. The summed E-state index contributed by atoms with van der Waals surface area (Å²) in [4.78, 5) is 30.2. The molecule has 160 valence electrons. The second kappa shape index (κ2) is 5.68. The number of nitrogens with one attached hydrogen (secondary N) is 1. The van der Waals surface area contributed by atoms with Crippen LogP contribution in [-0.2, 0) is 11.3 Å². The Kier molecular flexibility index (Phi) is 3.03. The van der Waals surface area contributed by atoms with Crippen molar-refractivity contribution < 1.29 is 14.3 Å². The summed E-state index contributed by atoms with van der Waals surface area (Å²) < 4.78 is 10.8. The number of Topliss-reactive ketones (excluding diaryl/α,β-unsaturated/α-hetero) is 2. The van der Waals surface area contributed by atoms with Gasteiger partial charge in [0.15, 0.2) is 17.7 Å². The Bertz CT molecular complexity index is 1830. The Labute approximate surface area is 186 Å². The van der Waals surface area contributed by atoms with Crippen molar-refractivity contribution in [2.45, 2.75) is 25.2 Å². The van der Waals surface area contributed by atoms with E-state index in [0.29, 0.717) is 17.5 Å². The third-order valence-electron chi connectivity index (χ3n) is 7.42. The van der Waals surface area contributed by atoms with Gasteiger partial charge < -0.3 is 13.9 Å². The van der Waals surface area contributed by atoms with E-state index in [1.165, 1.54) is 0 Å². The van der Waals surface area contributed by atoms with E-state index >= 15 is 0 Å². The molecule has 2 aromatic heterocycles. The average molecular weight is 434 g/mol. The fraction of sp³-hybridized carbons (Fsp3) is 0.192. The van der Waals surface area contributed by atoms with Gasteiger partial charge >= 0.3 is 0 Å². The lowest BCUT2D eigenvalue weighted by atomic mass is 9.95. The van der Waals surface area contributed by atoms with E-state index in [-0.39, 0.29) is 30.3 Å². The number of carbonyl (C=O) groups excluding carboxylic acids is 2. The first kappa shape index (κ1) is 17.6. The molecule has 8 rings (SSSR count). The number of carbonyl (C=O) groups is 2. The van der Waals surface area contributed by atoms with Gasteiger partial charge in [-0.25, -0.2) is 0 Å². The summed E-state index contributed by atoms with van der Waals surface area (Å²) in [5.74, 6) is 0.561. The second-order valence-electron chi connectivity index (χ2n) is 9.06. The lowest BCUT2D eigenvalue weighted by Crippen LogP contribution is -2.36. The van der Waals surface area contributed by atoms with Gasteiger partial charge in [-0.05, 0) is 25.3 Å². The van der Waals surface area contributed by atoms with E-state index in [2.05, 4.69) is 43.7 Å². The van der Waals surface area contributed by atoms with Crippen LogP contribution in [-0.4, -0.2) is 40.1 Å². The summed E-state index contributed by atoms with van der Waals surface area (Å²) in [6.07, 6.45) is 9.08. The molecule has 1 aliphatic carbocycles. The van der Waals surface area contributed by atoms with Crippen molar-refractivity contribution in [3.63, 3.8) is 0 Å². The van der Waals surface area contributed by atoms with E-state index in [4.69, 9.17) is 4.74 Å². The number of ketones is 2. The zero-order chi connectivity index (χ0) is 22.0. The zero-order valence-electron chi connectivity index (χ0n) is 17.8. The number of nitrogens with zero attached hydrogens (tertiary/aromatic N) is 3. The number of aliphatic imine (C=N–C) groups is 1. The molecule has 2 aromatic carbocycles. The number of allylic oxidation sites excluding steroid dienone is 1. The molecule has 7 nitrogen and oxygen atoms in total. The minimum atomic E-state index is -0.218. The molecule has 0 saturated carbocycles. The molecule has 4 aliphatic rings. The van der Waals surface area contributed by atoms with Crippen molar-refractivity contribution in [1.82, 2.24) is 14.5 Å². The lowest BCUT2D eigenvalue weighted by Gasteiger charge is -2.26. The first-order valence-electron chi connectivity index (χ1n) is 11.1. The van der Waals surface area contributed by atoms with Gasteiger partial charge in [-0.3, -0.25) is 19.9 Å². The summed E-state index contributed by atoms with van der Waals surface area (Å²) in [6, 6.07) is 6.24. The third-order valence-corrected chi connectivity index (χ3v) is 7.42.